The highest BCUT2D eigenvalue weighted by molar-refractivity contribution is 5.94. The summed E-state index contributed by atoms with van der Waals surface area (Å²) in [7, 11) is 1.65. The van der Waals surface area contributed by atoms with E-state index in [0.29, 0.717) is 37.7 Å². The molecule has 1 atom stereocenters. The molecule has 156 valence electrons. The zero-order valence-corrected chi connectivity index (χ0v) is 17.1. The Balaban J connectivity index is 1.42. The number of morpholine rings is 1. The largest absolute Gasteiger partial charge is 0.494 e. The van der Waals surface area contributed by atoms with Crippen molar-refractivity contribution in [1.82, 2.24) is 19.7 Å². The third-order valence-corrected chi connectivity index (χ3v) is 5.11. The molecule has 8 nitrogen and oxygen atoms in total. The highest BCUT2D eigenvalue weighted by Gasteiger charge is 2.19. The molecule has 3 heterocycles. The first-order valence-corrected chi connectivity index (χ1v) is 9.93. The summed E-state index contributed by atoms with van der Waals surface area (Å²) < 4.78 is 12.5. The Morgan fingerprint density at radius 3 is 2.70 bits per heavy atom. The maximum Gasteiger partial charge on any atom is 0.255 e. The Morgan fingerprint density at radius 1 is 1.17 bits per heavy atom. The van der Waals surface area contributed by atoms with Gasteiger partial charge in [0.1, 0.15) is 17.3 Å². The van der Waals surface area contributed by atoms with Crippen molar-refractivity contribution >= 4 is 11.7 Å². The molecule has 1 aliphatic heterocycles. The van der Waals surface area contributed by atoms with Gasteiger partial charge < -0.3 is 19.7 Å². The number of rotatable bonds is 6. The van der Waals surface area contributed by atoms with Gasteiger partial charge in [0.25, 0.3) is 5.91 Å². The van der Waals surface area contributed by atoms with Gasteiger partial charge in [-0.1, -0.05) is 12.1 Å². The lowest BCUT2D eigenvalue weighted by Gasteiger charge is -2.26. The fourth-order valence-corrected chi connectivity index (χ4v) is 3.37. The van der Waals surface area contributed by atoms with Crippen LogP contribution in [0.4, 0.5) is 5.82 Å². The van der Waals surface area contributed by atoms with E-state index in [9.17, 15) is 4.79 Å². The predicted molar refractivity (Wildman–Crippen MR) is 113 cm³/mol. The van der Waals surface area contributed by atoms with Crippen LogP contribution in [-0.4, -0.2) is 59.0 Å². The van der Waals surface area contributed by atoms with Crippen LogP contribution in [0.25, 0.3) is 5.69 Å². The highest BCUT2D eigenvalue weighted by atomic mass is 16.5. The number of hydrogen-bond acceptors (Lipinski definition) is 6. The molecule has 0 radical (unpaired) electrons. The van der Waals surface area contributed by atoms with Gasteiger partial charge in [-0.15, -0.1) is 0 Å². The second kappa shape index (κ2) is 8.96. The highest BCUT2D eigenvalue weighted by Crippen LogP contribution is 2.24. The first-order chi connectivity index (χ1) is 14.7. The number of nitrogens with one attached hydrogen (secondary N) is 1. The van der Waals surface area contributed by atoms with E-state index in [4.69, 9.17) is 9.47 Å². The van der Waals surface area contributed by atoms with Gasteiger partial charge in [0.05, 0.1) is 38.1 Å². The van der Waals surface area contributed by atoms with Crippen LogP contribution in [0.3, 0.4) is 0 Å². The Bertz CT molecular complexity index is 996. The van der Waals surface area contributed by atoms with E-state index >= 15 is 0 Å². The number of benzene rings is 1. The maximum atomic E-state index is 12.5. The molecule has 2 aromatic heterocycles. The van der Waals surface area contributed by atoms with Gasteiger partial charge in [-0.05, 0) is 31.2 Å². The summed E-state index contributed by atoms with van der Waals surface area (Å²) in [5.41, 5.74) is 2.47. The van der Waals surface area contributed by atoms with Crippen molar-refractivity contribution in [2.24, 2.45) is 0 Å². The van der Waals surface area contributed by atoms with Crippen molar-refractivity contribution in [3.8, 4) is 11.4 Å². The van der Waals surface area contributed by atoms with E-state index in [1.54, 1.807) is 29.0 Å². The van der Waals surface area contributed by atoms with E-state index < -0.39 is 0 Å². The van der Waals surface area contributed by atoms with Crippen LogP contribution in [-0.2, 0) is 4.74 Å². The lowest BCUT2D eigenvalue weighted by Crippen LogP contribution is -2.40. The molecule has 3 aromatic rings. The lowest BCUT2D eigenvalue weighted by molar-refractivity contribution is 0.0302. The number of hydrogen-bond donors (Lipinski definition) is 1. The topological polar surface area (TPSA) is 81.5 Å². The molecule has 1 aromatic carbocycles. The number of amides is 1. The van der Waals surface area contributed by atoms with Crippen LogP contribution < -0.4 is 10.1 Å². The number of methoxy groups -OCH3 is 1. The molecule has 1 amide bonds. The minimum Gasteiger partial charge on any atom is -0.494 e. The van der Waals surface area contributed by atoms with Gasteiger partial charge in [0.15, 0.2) is 0 Å². The Hall–Kier alpha value is -3.39. The third kappa shape index (κ3) is 4.28. The molecular weight excluding hydrogens is 382 g/mol. The van der Waals surface area contributed by atoms with Crippen LogP contribution in [0.5, 0.6) is 5.75 Å². The van der Waals surface area contributed by atoms with Gasteiger partial charge in [0.2, 0.25) is 0 Å². The van der Waals surface area contributed by atoms with Crippen molar-refractivity contribution in [3.63, 3.8) is 0 Å². The van der Waals surface area contributed by atoms with Gasteiger partial charge >= 0.3 is 0 Å². The molecule has 0 spiro atoms. The van der Waals surface area contributed by atoms with Crippen LogP contribution in [0.15, 0.2) is 55.0 Å². The van der Waals surface area contributed by atoms with Gasteiger partial charge in [-0.25, -0.2) is 9.67 Å². The maximum absolute atomic E-state index is 12.5. The summed E-state index contributed by atoms with van der Waals surface area (Å²) in [5, 5.41) is 7.82. The number of pyridine rings is 1. The molecule has 30 heavy (non-hydrogen) atoms. The molecule has 1 N–H and O–H groups in total. The van der Waals surface area contributed by atoms with E-state index in [2.05, 4.69) is 15.4 Å². The van der Waals surface area contributed by atoms with Crippen molar-refractivity contribution in [1.29, 1.82) is 0 Å². The van der Waals surface area contributed by atoms with Crippen molar-refractivity contribution < 1.29 is 14.3 Å². The number of para-hydroxylation sites is 2. The quantitative estimate of drug-likeness (QED) is 0.677. The van der Waals surface area contributed by atoms with E-state index in [1.165, 1.54) is 0 Å². The zero-order valence-electron chi connectivity index (χ0n) is 17.1. The minimum atomic E-state index is -0.0123. The second-order valence-electron chi connectivity index (χ2n) is 7.09. The molecule has 1 fully saturated rings. The summed E-state index contributed by atoms with van der Waals surface area (Å²) >= 11 is 0. The molecule has 1 saturated heterocycles. The molecule has 4 rings (SSSR count). The molecule has 0 aliphatic carbocycles. The summed E-state index contributed by atoms with van der Waals surface area (Å²) in [4.78, 5) is 18.7. The average Bonchev–Trinajstić information content (AvgIpc) is 3.30. The van der Waals surface area contributed by atoms with Crippen LogP contribution in [0, 0.1) is 0 Å². The fraction of sp³-hybridized carbons (Fsp3) is 0.318. The van der Waals surface area contributed by atoms with Crippen molar-refractivity contribution in [2.75, 3.05) is 38.7 Å². The average molecular weight is 407 g/mol. The minimum absolute atomic E-state index is 0.0107. The SMILES string of the molecule is COc1ccccc1-n1cc(C(C)Nc2ccc(C(=O)N3CCOCC3)cn2)cn1. The van der Waals surface area contributed by atoms with Crippen LogP contribution in [0.2, 0.25) is 0 Å². The first-order valence-electron chi connectivity index (χ1n) is 9.93. The van der Waals surface area contributed by atoms with Crippen LogP contribution in [0.1, 0.15) is 28.9 Å². The van der Waals surface area contributed by atoms with Crippen molar-refractivity contribution in [2.45, 2.75) is 13.0 Å². The predicted octanol–water partition coefficient (Wildman–Crippen LogP) is 2.92. The van der Waals surface area contributed by atoms with Crippen LogP contribution >= 0.6 is 0 Å². The Kier molecular flexibility index (Phi) is 5.94. The molecule has 0 saturated carbocycles. The number of nitrogens with zero attached hydrogens (tertiary/aromatic N) is 4. The van der Waals surface area contributed by atoms with Gasteiger partial charge in [-0.2, -0.15) is 5.10 Å². The third-order valence-electron chi connectivity index (χ3n) is 5.11. The standard InChI is InChI=1S/C22H25N5O3/c1-16(18-14-24-27(15-18)19-5-3-4-6-20(19)29-2)25-21-8-7-17(13-23-21)22(28)26-9-11-30-12-10-26/h3-8,13-16H,9-12H2,1-2H3,(H,23,25). The van der Waals surface area contributed by atoms with E-state index in [-0.39, 0.29) is 11.9 Å². The Morgan fingerprint density at radius 2 is 1.97 bits per heavy atom. The smallest absolute Gasteiger partial charge is 0.255 e. The monoisotopic (exact) mass is 407 g/mol. The summed E-state index contributed by atoms with van der Waals surface area (Å²) in [6.45, 7) is 4.44. The van der Waals surface area contributed by atoms with Gasteiger partial charge in [0, 0.05) is 31.0 Å². The molecular formula is C22H25N5O3. The summed E-state index contributed by atoms with van der Waals surface area (Å²) in [6, 6.07) is 11.4. The lowest BCUT2D eigenvalue weighted by atomic mass is 10.2. The number of ether oxygens (including phenoxy) is 2. The number of anilines is 1. The molecule has 0 bridgehead atoms. The number of carbonyl (C=O) groups excluding carboxylic acids is 1. The molecule has 8 heteroatoms. The zero-order chi connectivity index (χ0) is 20.9. The Labute approximate surface area is 175 Å². The van der Waals surface area contributed by atoms with E-state index in [1.807, 2.05) is 49.6 Å². The van der Waals surface area contributed by atoms with Gasteiger partial charge in [-0.3, -0.25) is 4.79 Å². The summed E-state index contributed by atoms with van der Waals surface area (Å²) in [6.07, 6.45) is 5.40. The number of aromatic nitrogens is 3. The van der Waals surface area contributed by atoms with E-state index in [0.717, 1.165) is 17.0 Å². The molecule has 1 aliphatic rings. The van der Waals surface area contributed by atoms with Crippen molar-refractivity contribution in [3.05, 3.63) is 66.1 Å². The normalized spacial score (nSPS) is 14.9. The summed E-state index contributed by atoms with van der Waals surface area (Å²) in [5.74, 6) is 1.45. The molecule has 1 unspecified atom stereocenters. The first kappa shape index (κ1) is 19.9. The second-order valence-corrected chi connectivity index (χ2v) is 7.09. The fourth-order valence-electron chi connectivity index (χ4n) is 3.37. The number of carbonyl (C=O) groups is 1.